The minimum Gasteiger partial charge on any atom is -0.309 e. The SMILES string of the molecule is c1ccc(-n2c3ccccc3c3cc(-c4ccc5c(ccc6c5c5ccccc5n6-c5cccc(-c6cc7cccc8c7c(n6)-c6ccccc6-8)c5)c4)ccc32)cc1.c1ccc(-n2c3ccccc3c3cc(-c4ccc5c(ccc6c5c5ccccc5n6-c5cccc(-c6ncc7cccc8c7c6-c6ccccc6-8)c5)c4)ccc32)cc1. The molecule has 0 saturated heterocycles. The number of fused-ring (bicyclic) bond motifs is 22. The molecule has 24 aromatic rings. The second-order valence-corrected chi connectivity index (χ2v) is 31.0. The summed E-state index contributed by atoms with van der Waals surface area (Å²) in [4.78, 5) is 10.5. The summed E-state index contributed by atoms with van der Waals surface area (Å²) >= 11 is 0. The van der Waals surface area contributed by atoms with Crippen molar-refractivity contribution in [2.24, 2.45) is 0 Å². The quantitative estimate of drug-likeness (QED) is 0.152. The number of para-hydroxylation sites is 6. The molecule has 0 spiro atoms. The van der Waals surface area contributed by atoms with E-state index in [0.717, 1.165) is 39.6 Å². The van der Waals surface area contributed by atoms with Crippen LogP contribution in [0.25, 0.3) is 242 Å². The molecule has 0 N–H and O–H groups in total. The third kappa shape index (κ3) is 9.53. The largest absolute Gasteiger partial charge is 0.309 e. The summed E-state index contributed by atoms with van der Waals surface area (Å²) < 4.78 is 9.60. The lowest BCUT2D eigenvalue weighted by Gasteiger charge is -2.13. The van der Waals surface area contributed by atoms with Crippen LogP contribution >= 0.6 is 0 Å². The monoisotopic (exact) mass is 1470 g/mol. The zero-order valence-electron chi connectivity index (χ0n) is 62.8. The van der Waals surface area contributed by atoms with Crippen molar-refractivity contribution in [3.63, 3.8) is 0 Å². The summed E-state index contributed by atoms with van der Waals surface area (Å²) in [6.45, 7) is 0. The highest BCUT2D eigenvalue weighted by molar-refractivity contribution is 6.25. The van der Waals surface area contributed by atoms with Crippen molar-refractivity contribution in [3.05, 3.63) is 401 Å². The Morgan fingerprint density at radius 3 is 1.15 bits per heavy atom. The molecule has 6 heterocycles. The van der Waals surface area contributed by atoms with Gasteiger partial charge in [-0.15, -0.1) is 0 Å². The van der Waals surface area contributed by atoms with Gasteiger partial charge in [0.15, 0.2) is 0 Å². The molecule has 0 saturated carbocycles. The molecule has 0 atom stereocenters. The van der Waals surface area contributed by atoms with E-state index in [9.17, 15) is 0 Å². The van der Waals surface area contributed by atoms with Crippen molar-refractivity contribution >= 4 is 130 Å². The van der Waals surface area contributed by atoms with Crippen LogP contribution in [0.5, 0.6) is 0 Å². The summed E-state index contributed by atoms with van der Waals surface area (Å²) in [5, 5.41) is 20.0. The zero-order chi connectivity index (χ0) is 75.8. The number of benzene rings is 18. The molecule has 116 heavy (non-hydrogen) atoms. The standard InChI is InChI=1S/2C55H33N3/c1-2-14-39(15-3-1)57-49-22-8-6-18-43(49)47-32-35(25-28-51(47)57)34-24-27-41-36(30-34)26-29-52-54(41)46-20-7-9-23-50(46)58(52)40-16-10-12-37(31-40)48-33-38-13-11-21-44-42-17-4-5-19-45(42)55(56-48)53(38)44;1-2-14-39(15-3-1)57-48-22-8-6-18-43(48)47-32-35(25-28-50(47)57)34-24-27-41-36(30-34)26-29-51-53(41)46-20-7-9-23-49(46)58(51)40-16-10-12-37(31-40)55-54-45-19-5-4-17-42(45)44-21-11-13-38(33-56-55)52(44)54/h2*1-33H. The molecule has 2 aliphatic rings. The third-order valence-electron chi connectivity index (χ3n) is 24.9. The second-order valence-electron chi connectivity index (χ2n) is 31.0. The molecule has 0 fully saturated rings. The molecule has 6 aromatic heterocycles. The average molecular weight is 1470 g/mol. The Kier molecular flexibility index (Phi) is 13.8. The molecular weight excluding hydrogens is 1410 g/mol. The maximum atomic E-state index is 5.34. The smallest absolute Gasteiger partial charge is 0.0800 e. The fraction of sp³-hybridized carbons (Fsp3) is 0. The van der Waals surface area contributed by atoms with E-state index in [1.807, 2.05) is 6.20 Å². The van der Waals surface area contributed by atoms with Crippen LogP contribution in [0, 0.1) is 0 Å². The molecule has 26 rings (SSSR count). The van der Waals surface area contributed by atoms with Crippen molar-refractivity contribution in [1.82, 2.24) is 28.2 Å². The van der Waals surface area contributed by atoms with Gasteiger partial charge in [-0.05, 0) is 204 Å². The number of hydrogen-bond acceptors (Lipinski definition) is 2. The Morgan fingerprint density at radius 2 is 0.578 bits per heavy atom. The molecule has 0 bridgehead atoms. The van der Waals surface area contributed by atoms with Gasteiger partial charge < -0.3 is 18.3 Å². The van der Waals surface area contributed by atoms with Gasteiger partial charge in [-0.25, -0.2) is 4.98 Å². The Labute approximate surface area is 666 Å². The molecular formula is C110H66N6. The van der Waals surface area contributed by atoms with Gasteiger partial charge >= 0.3 is 0 Å². The van der Waals surface area contributed by atoms with E-state index in [-0.39, 0.29) is 0 Å². The summed E-state index contributed by atoms with van der Waals surface area (Å²) in [5.41, 5.74) is 33.2. The molecule has 18 aromatic carbocycles. The molecule has 0 radical (unpaired) electrons. The fourth-order valence-corrected chi connectivity index (χ4v) is 19.8. The van der Waals surface area contributed by atoms with Crippen molar-refractivity contribution in [2.45, 2.75) is 0 Å². The van der Waals surface area contributed by atoms with E-state index < -0.39 is 0 Å². The average Bonchev–Trinajstić information content (AvgIpc) is 1.59. The Balaban J connectivity index is 0.000000130. The molecule has 0 unspecified atom stereocenters. The number of nitrogens with zero attached hydrogens (tertiary/aromatic N) is 6. The predicted octanol–water partition coefficient (Wildman–Crippen LogP) is 29.1. The predicted molar refractivity (Wildman–Crippen MR) is 486 cm³/mol. The van der Waals surface area contributed by atoms with Gasteiger partial charge in [-0.2, -0.15) is 0 Å². The van der Waals surface area contributed by atoms with Crippen molar-refractivity contribution in [2.75, 3.05) is 0 Å². The van der Waals surface area contributed by atoms with Crippen LogP contribution in [0.15, 0.2) is 401 Å². The lowest BCUT2D eigenvalue weighted by atomic mass is 9.97. The van der Waals surface area contributed by atoms with E-state index in [1.165, 1.54) is 203 Å². The molecule has 0 amide bonds. The normalized spacial score (nSPS) is 12.1. The zero-order valence-corrected chi connectivity index (χ0v) is 62.8. The second kappa shape index (κ2) is 25.0. The highest BCUT2D eigenvalue weighted by Gasteiger charge is 2.28. The van der Waals surface area contributed by atoms with Crippen molar-refractivity contribution < 1.29 is 0 Å². The van der Waals surface area contributed by atoms with Gasteiger partial charge in [0.05, 0.1) is 61.2 Å². The molecule has 6 heteroatoms. The highest BCUT2D eigenvalue weighted by Crippen LogP contribution is 2.52. The Morgan fingerprint density at radius 1 is 0.181 bits per heavy atom. The molecule has 536 valence electrons. The van der Waals surface area contributed by atoms with Gasteiger partial charge in [-0.3, -0.25) is 4.98 Å². The summed E-state index contributed by atoms with van der Waals surface area (Å²) in [6.07, 6.45) is 2.04. The van der Waals surface area contributed by atoms with E-state index >= 15 is 0 Å². The maximum Gasteiger partial charge on any atom is 0.0800 e. The van der Waals surface area contributed by atoms with Crippen LogP contribution in [0.3, 0.4) is 0 Å². The first-order valence-corrected chi connectivity index (χ1v) is 39.9. The first kappa shape index (κ1) is 64.2. The lowest BCUT2D eigenvalue weighted by molar-refractivity contribution is 1.18. The summed E-state index contributed by atoms with van der Waals surface area (Å²) in [6, 6.07) is 144. The molecule has 6 nitrogen and oxygen atoms in total. The number of pyridine rings is 2. The van der Waals surface area contributed by atoms with Gasteiger partial charge in [0.25, 0.3) is 0 Å². The summed E-state index contributed by atoms with van der Waals surface area (Å²) in [5.74, 6) is 0. The van der Waals surface area contributed by atoms with Crippen LogP contribution in [0.1, 0.15) is 0 Å². The minimum atomic E-state index is 0.986. The minimum absolute atomic E-state index is 0.986. The van der Waals surface area contributed by atoms with E-state index in [1.54, 1.807) is 0 Å². The first-order chi connectivity index (χ1) is 57.5. The van der Waals surface area contributed by atoms with Gasteiger partial charge in [0.1, 0.15) is 0 Å². The first-order valence-electron chi connectivity index (χ1n) is 39.9. The third-order valence-corrected chi connectivity index (χ3v) is 24.9. The number of hydrogen-bond donors (Lipinski definition) is 0. The van der Waals surface area contributed by atoms with Gasteiger partial charge in [0, 0.05) is 110 Å². The van der Waals surface area contributed by atoms with E-state index in [0.29, 0.717) is 0 Å². The number of aromatic nitrogens is 6. The van der Waals surface area contributed by atoms with Gasteiger partial charge in [-0.1, -0.05) is 267 Å². The van der Waals surface area contributed by atoms with E-state index in [2.05, 4.69) is 413 Å². The van der Waals surface area contributed by atoms with Gasteiger partial charge in [0.2, 0.25) is 0 Å². The van der Waals surface area contributed by atoms with Crippen LogP contribution < -0.4 is 0 Å². The van der Waals surface area contributed by atoms with Crippen LogP contribution in [-0.2, 0) is 0 Å². The Hall–Kier alpha value is -15.5. The summed E-state index contributed by atoms with van der Waals surface area (Å²) in [7, 11) is 0. The topological polar surface area (TPSA) is 45.5 Å². The number of rotatable bonds is 8. The van der Waals surface area contributed by atoms with E-state index in [4.69, 9.17) is 9.97 Å². The van der Waals surface area contributed by atoms with Crippen molar-refractivity contribution in [3.8, 4) is 112 Å². The lowest BCUT2D eigenvalue weighted by Crippen LogP contribution is -1.95. The Bertz CT molecular complexity index is 8330. The van der Waals surface area contributed by atoms with Crippen LogP contribution in [0.2, 0.25) is 0 Å². The maximum absolute atomic E-state index is 5.34. The van der Waals surface area contributed by atoms with Crippen molar-refractivity contribution in [1.29, 1.82) is 0 Å². The fourth-order valence-electron chi connectivity index (χ4n) is 19.8. The van der Waals surface area contributed by atoms with Crippen LogP contribution in [-0.4, -0.2) is 28.2 Å². The molecule has 2 aliphatic carbocycles. The highest BCUT2D eigenvalue weighted by atomic mass is 15.0. The van der Waals surface area contributed by atoms with Crippen LogP contribution in [0.4, 0.5) is 0 Å². The molecule has 0 aliphatic heterocycles.